The van der Waals surface area contributed by atoms with E-state index in [2.05, 4.69) is 15.1 Å². The van der Waals surface area contributed by atoms with E-state index in [1.807, 2.05) is 19.9 Å². The molecule has 6 nitrogen and oxygen atoms in total. The van der Waals surface area contributed by atoms with Crippen LogP contribution in [-0.4, -0.2) is 26.4 Å². The molecule has 2 aromatic heterocycles. The number of ether oxygens (including phenoxy) is 1. The predicted octanol–water partition coefficient (Wildman–Crippen LogP) is 0.828. The maximum absolute atomic E-state index is 5.57. The first kappa shape index (κ1) is 11.5. The highest BCUT2D eigenvalue weighted by atomic mass is 16.5. The minimum atomic E-state index is 0.385. The SMILES string of the molecule is CCOc1cnn(-c2nc(C)cc(CN)n2)c1. The Hall–Kier alpha value is -1.95. The van der Waals surface area contributed by atoms with Gasteiger partial charge in [-0.3, -0.25) is 0 Å². The molecule has 0 bridgehead atoms. The van der Waals surface area contributed by atoms with Crippen LogP contribution in [0.1, 0.15) is 18.3 Å². The molecule has 0 saturated heterocycles. The molecule has 0 aliphatic heterocycles. The van der Waals surface area contributed by atoms with E-state index in [-0.39, 0.29) is 0 Å². The Bertz CT molecular complexity index is 508. The number of nitrogens with two attached hydrogens (primary N) is 1. The summed E-state index contributed by atoms with van der Waals surface area (Å²) in [5.41, 5.74) is 7.23. The van der Waals surface area contributed by atoms with Crippen molar-refractivity contribution in [2.24, 2.45) is 5.73 Å². The maximum Gasteiger partial charge on any atom is 0.251 e. The zero-order valence-electron chi connectivity index (χ0n) is 9.92. The molecule has 0 spiro atoms. The van der Waals surface area contributed by atoms with Gasteiger partial charge in [0.25, 0.3) is 5.95 Å². The number of rotatable bonds is 4. The number of nitrogens with zero attached hydrogens (tertiary/aromatic N) is 4. The van der Waals surface area contributed by atoms with Gasteiger partial charge in [-0.25, -0.2) is 14.6 Å². The average molecular weight is 233 g/mol. The molecule has 2 heterocycles. The van der Waals surface area contributed by atoms with Crippen molar-refractivity contribution in [3.05, 3.63) is 29.8 Å². The van der Waals surface area contributed by atoms with Crippen LogP contribution in [0.15, 0.2) is 18.5 Å². The number of aryl methyl sites for hydroxylation is 1. The monoisotopic (exact) mass is 233 g/mol. The van der Waals surface area contributed by atoms with Crippen LogP contribution in [0.25, 0.3) is 5.95 Å². The molecule has 0 atom stereocenters. The normalized spacial score (nSPS) is 10.5. The smallest absolute Gasteiger partial charge is 0.251 e. The van der Waals surface area contributed by atoms with Gasteiger partial charge in [-0.15, -0.1) is 0 Å². The molecule has 2 aromatic rings. The van der Waals surface area contributed by atoms with E-state index in [0.717, 1.165) is 11.4 Å². The zero-order chi connectivity index (χ0) is 12.3. The molecule has 90 valence electrons. The average Bonchev–Trinajstić information content (AvgIpc) is 2.77. The second kappa shape index (κ2) is 4.92. The van der Waals surface area contributed by atoms with Crippen LogP contribution in [-0.2, 0) is 6.54 Å². The fourth-order valence-corrected chi connectivity index (χ4v) is 1.48. The van der Waals surface area contributed by atoms with Gasteiger partial charge in [0.05, 0.1) is 24.7 Å². The summed E-state index contributed by atoms with van der Waals surface area (Å²) in [4.78, 5) is 8.61. The van der Waals surface area contributed by atoms with E-state index in [0.29, 0.717) is 24.8 Å². The molecular formula is C11H15N5O. The molecule has 17 heavy (non-hydrogen) atoms. The molecule has 0 aromatic carbocycles. The van der Waals surface area contributed by atoms with Crippen molar-refractivity contribution in [1.82, 2.24) is 19.7 Å². The summed E-state index contributed by atoms with van der Waals surface area (Å²) in [5.74, 6) is 1.21. The van der Waals surface area contributed by atoms with E-state index >= 15 is 0 Å². The van der Waals surface area contributed by atoms with E-state index in [1.54, 1.807) is 17.1 Å². The first-order valence-corrected chi connectivity index (χ1v) is 5.45. The lowest BCUT2D eigenvalue weighted by Crippen LogP contribution is -2.08. The Morgan fingerprint density at radius 1 is 1.41 bits per heavy atom. The van der Waals surface area contributed by atoms with Crippen molar-refractivity contribution >= 4 is 0 Å². The van der Waals surface area contributed by atoms with Gasteiger partial charge < -0.3 is 10.5 Å². The molecular weight excluding hydrogens is 218 g/mol. The highest BCUT2D eigenvalue weighted by Crippen LogP contribution is 2.11. The highest BCUT2D eigenvalue weighted by Gasteiger charge is 2.06. The highest BCUT2D eigenvalue weighted by molar-refractivity contribution is 5.22. The standard InChI is InChI=1S/C11H15N5O/c1-3-17-10-6-13-16(7-10)11-14-8(2)4-9(5-12)15-11/h4,6-7H,3,5,12H2,1-2H3. The number of aromatic nitrogens is 4. The number of hydrogen-bond donors (Lipinski definition) is 1. The van der Waals surface area contributed by atoms with Crippen LogP contribution < -0.4 is 10.5 Å². The largest absolute Gasteiger partial charge is 0.491 e. The molecule has 0 aliphatic carbocycles. The summed E-state index contributed by atoms with van der Waals surface area (Å²) >= 11 is 0. The third-order valence-electron chi connectivity index (χ3n) is 2.18. The van der Waals surface area contributed by atoms with Crippen LogP contribution >= 0.6 is 0 Å². The predicted molar refractivity (Wildman–Crippen MR) is 63.0 cm³/mol. The topological polar surface area (TPSA) is 78.8 Å². The molecule has 0 aliphatic rings. The van der Waals surface area contributed by atoms with Gasteiger partial charge in [0.15, 0.2) is 5.75 Å². The Morgan fingerprint density at radius 2 is 2.24 bits per heavy atom. The third-order valence-corrected chi connectivity index (χ3v) is 2.18. The molecule has 0 unspecified atom stereocenters. The first-order valence-electron chi connectivity index (χ1n) is 5.45. The van der Waals surface area contributed by atoms with Crippen LogP contribution in [0.4, 0.5) is 0 Å². The van der Waals surface area contributed by atoms with Gasteiger partial charge >= 0.3 is 0 Å². The first-order chi connectivity index (χ1) is 8.22. The second-order valence-electron chi connectivity index (χ2n) is 3.56. The number of hydrogen-bond acceptors (Lipinski definition) is 5. The quantitative estimate of drug-likeness (QED) is 0.846. The van der Waals surface area contributed by atoms with Crippen LogP contribution in [0.5, 0.6) is 5.75 Å². The molecule has 2 N–H and O–H groups in total. The minimum absolute atomic E-state index is 0.385. The summed E-state index contributed by atoms with van der Waals surface area (Å²) in [6, 6.07) is 1.86. The van der Waals surface area contributed by atoms with Crippen LogP contribution in [0.3, 0.4) is 0 Å². The Balaban J connectivity index is 2.34. The van der Waals surface area contributed by atoms with Gasteiger partial charge in [-0.1, -0.05) is 0 Å². The lowest BCUT2D eigenvalue weighted by atomic mass is 10.3. The Morgan fingerprint density at radius 3 is 2.94 bits per heavy atom. The molecule has 0 saturated carbocycles. The molecule has 0 amide bonds. The van der Waals surface area contributed by atoms with Crippen molar-refractivity contribution < 1.29 is 4.74 Å². The molecule has 0 radical (unpaired) electrons. The van der Waals surface area contributed by atoms with E-state index in [1.165, 1.54) is 0 Å². The second-order valence-corrected chi connectivity index (χ2v) is 3.56. The van der Waals surface area contributed by atoms with Crippen molar-refractivity contribution in [2.75, 3.05) is 6.61 Å². The van der Waals surface area contributed by atoms with Crippen LogP contribution in [0, 0.1) is 6.92 Å². The molecule has 0 fully saturated rings. The Labute approximate surface area is 99.4 Å². The van der Waals surface area contributed by atoms with Crippen molar-refractivity contribution in [1.29, 1.82) is 0 Å². The van der Waals surface area contributed by atoms with E-state index in [4.69, 9.17) is 10.5 Å². The fraction of sp³-hybridized carbons (Fsp3) is 0.364. The van der Waals surface area contributed by atoms with Crippen molar-refractivity contribution in [3.8, 4) is 11.7 Å². The van der Waals surface area contributed by atoms with Crippen molar-refractivity contribution in [3.63, 3.8) is 0 Å². The Kier molecular flexibility index (Phi) is 3.34. The summed E-state index contributed by atoms with van der Waals surface area (Å²) in [6.07, 6.45) is 3.38. The summed E-state index contributed by atoms with van der Waals surface area (Å²) in [6.45, 7) is 4.81. The lowest BCUT2D eigenvalue weighted by Gasteiger charge is -2.03. The van der Waals surface area contributed by atoms with Gasteiger partial charge in [0.1, 0.15) is 0 Å². The molecule has 2 rings (SSSR count). The van der Waals surface area contributed by atoms with E-state index < -0.39 is 0 Å². The molecule has 6 heteroatoms. The maximum atomic E-state index is 5.57. The van der Waals surface area contributed by atoms with E-state index in [9.17, 15) is 0 Å². The van der Waals surface area contributed by atoms with Gasteiger partial charge in [-0.2, -0.15) is 5.10 Å². The van der Waals surface area contributed by atoms with Gasteiger partial charge in [0, 0.05) is 12.2 Å². The third kappa shape index (κ3) is 2.59. The fourth-order valence-electron chi connectivity index (χ4n) is 1.48. The lowest BCUT2D eigenvalue weighted by molar-refractivity contribution is 0.340. The van der Waals surface area contributed by atoms with Crippen LogP contribution in [0.2, 0.25) is 0 Å². The zero-order valence-corrected chi connectivity index (χ0v) is 9.92. The van der Waals surface area contributed by atoms with Gasteiger partial charge in [-0.05, 0) is 19.9 Å². The summed E-state index contributed by atoms with van der Waals surface area (Å²) in [5, 5.41) is 4.15. The van der Waals surface area contributed by atoms with Crippen molar-refractivity contribution in [2.45, 2.75) is 20.4 Å². The minimum Gasteiger partial charge on any atom is -0.491 e. The summed E-state index contributed by atoms with van der Waals surface area (Å²) in [7, 11) is 0. The van der Waals surface area contributed by atoms with Gasteiger partial charge in [0.2, 0.25) is 0 Å². The summed E-state index contributed by atoms with van der Waals surface area (Å²) < 4.78 is 6.91.